The summed E-state index contributed by atoms with van der Waals surface area (Å²) >= 11 is 1.32. The molecule has 1 aliphatic rings. The third kappa shape index (κ3) is 3.50. The molecule has 0 unspecified atom stereocenters. The maximum atomic E-state index is 13.5. The van der Waals surface area contributed by atoms with Crippen LogP contribution in [0.3, 0.4) is 0 Å². The molecule has 0 atom stereocenters. The number of hydrogen-bond donors (Lipinski definition) is 0. The zero-order chi connectivity index (χ0) is 22.2. The lowest BCUT2D eigenvalue weighted by atomic mass is 10.1. The number of para-hydroxylation sites is 3. The molecule has 160 valence electrons. The monoisotopic (exact) mass is 441 g/mol. The largest absolute Gasteiger partial charge is 0.311 e. The van der Waals surface area contributed by atoms with E-state index in [-0.39, 0.29) is 17.2 Å². The number of rotatable bonds is 4. The number of aromatic nitrogens is 2. The lowest BCUT2D eigenvalue weighted by molar-refractivity contribution is -0.116. The topological polar surface area (TPSA) is 55.2 Å². The van der Waals surface area contributed by atoms with Crippen molar-refractivity contribution in [2.45, 2.75) is 25.4 Å². The highest BCUT2D eigenvalue weighted by molar-refractivity contribution is 7.99. The first kappa shape index (κ1) is 20.5. The smallest absolute Gasteiger partial charge is 0.266 e. The number of anilines is 1. The van der Waals surface area contributed by atoms with Crippen LogP contribution in [0.2, 0.25) is 0 Å². The van der Waals surface area contributed by atoms with Crippen molar-refractivity contribution in [3.05, 3.63) is 93.8 Å². The van der Waals surface area contributed by atoms with E-state index >= 15 is 0 Å². The van der Waals surface area contributed by atoms with E-state index in [9.17, 15) is 9.59 Å². The van der Waals surface area contributed by atoms with Gasteiger partial charge in [0.05, 0.1) is 22.3 Å². The third-order valence-electron chi connectivity index (χ3n) is 5.92. The van der Waals surface area contributed by atoms with E-state index in [0.717, 1.165) is 28.9 Å². The average Bonchev–Trinajstić information content (AvgIpc) is 3.23. The van der Waals surface area contributed by atoms with Crippen LogP contribution in [0.15, 0.2) is 76.7 Å². The van der Waals surface area contributed by atoms with Gasteiger partial charge < -0.3 is 4.90 Å². The number of aryl methyl sites for hydroxylation is 2. The van der Waals surface area contributed by atoms with E-state index < -0.39 is 0 Å². The quantitative estimate of drug-likeness (QED) is 0.341. The van der Waals surface area contributed by atoms with Crippen LogP contribution in [-0.2, 0) is 11.2 Å². The zero-order valence-electron chi connectivity index (χ0n) is 18.0. The number of carbonyl (C=O) groups excluding carboxylic acids is 1. The second-order valence-corrected chi connectivity index (χ2v) is 8.95. The van der Waals surface area contributed by atoms with Gasteiger partial charge in [0.25, 0.3) is 5.56 Å². The van der Waals surface area contributed by atoms with Gasteiger partial charge >= 0.3 is 0 Å². The molecule has 1 aliphatic heterocycles. The fraction of sp³-hybridized carbons (Fsp3) is 0.192. The first-order valence-corrected chi connectivity index (χ1v) is 11.6. The number of thioether (sulfide) groups is 1. The molecule has 0 saturated heterocycles. The number of carbonyl (C=O) groups is 1. The van der Waals surface area contributed by atoms with Gasteiger partial charge in [-0.15, -0.1) is 0 Å². The summed E-state index contributed by atoms with van der Waals surface area (Å²) in [5.41, 5.74) is 5.52. The molecule has 1 amide bonds. The Labute approximate surface area is 190 Å². The average molecular weight is 442 g/mol. The van der Waals surface area contributed by atoms with E-state index in [0.29, 0.717) is 22.6 Å². The lowest BCUT2D eigenvalue weighted by Gasteiger charge is -2.19. The molecule has 5 nitrogen and oxygen atoms in total. The van der Waals surface area contributed by atoms with Gasteiger partial charge in [-0.25, -0.2) is 4.98 Å². The standard InChI is InChI=1S/C26H23N3O2S/c1-17-8-7-9-18(2)24(17)29-25(31)20-11-4-5-12-21(20)27-26(29)32-16-23(30)28-15-14-19-10-3-6-13-22(19)28/h3-13H,14-16H2,1-2H3. The first-order chi connectivity index (χ1) is 15.5. The van der Waals surface area contributed by atoms with Gasteiger partial charge in [0, 0.05) is 12.2 Å². The molecule has 4 aromatic rings. The van der Waals surface area contributed by atoms with Crippen LogP contribution in [0, 0.1) is 13.8 Å². The predicted octanol–water partition coefficient (Wildman–Crippen LogP) is 4.68. The molecule has 0 spiro atoms. The van der Waals surface area contributed by atoms with Crippen LogP contribution in [0.4, 0.5) is 5.69 Å². The molecule has 0 fully saturated rings. The van der Waals surface area contributed by atoms with Gasteiger partial charge in [-0.2, -0.15) is 0 Å². The summed E-state index contributed by atoms with van der Waals surface area (Å²) in [5.74, 6) is 0.236. The minimum absolute atomic E-state index is 0.0235. The number of fused-ring (bicyclic) bond motifs is 2. The highest BCUT2D eigenvalue weighted by Gasteiger charge is 2.25. The molecule has 0 bridgehead atoms. The van der Waals surface area contributed by atoms with Gasteiger partial charge in [0.15, 0.2) is 5.16 Å². The summed E-state index contributed by atoms with van der Waals surface area (Å²) in [4.78, 5) is 33.3. The molecular weight excluding hydrogens is 418 g/mol. The fourth-order valence-corrected chi connectivity index (χ4v) is 5.24. The van der Waals surface area contributed by atoms with Crippen LogP contribution in [-0.4, -0.2) is 27.8 Å². The number of benzene rings is 3. The van der Waals surface area contributed by atoms with E-state index in [1.54, 1.807) is 10.6 Å². The molecule has 5 rings (SSSR count). The van der Waals surface area contributed by atoms with E-state index in [1.165, 1.54) is 17.3 Å². The molecule has 2 heterocycles. The van der Waals surface area contributed by atoms with Gasteiger partial charge in [0.1, 0.15) is 0 Å². The molecular formula is C26H23N3O2S. The summed E-state index contributed by atoms with van der Waals surface area (Å²) in [6, 6.07) is 21.4. The fourth-order valence-electron chi connectivity index (χ4n) is 4.37. The van der Waals surface area contributed by atoms with Crippen LogP contribution in [0.25, 0.3) is 16.6 Å². The zero-order valence-corrected chi connectivity index (χ0v) is 18.9. The van der Waals surface area contributed by atoms with E-state index in [2.05, 4.69) is 6.07 Å². The Bertz CT molecular complexity index is 1390. The summed E-state index contributed by atoms with van der Waals surface area (Å²) in [7, 11) is 0. The Morgan fingerprint density at radius 1 is 0.969 bits per heavy atom. The minimum atomic E-state index is -0.116. The Balaban J connectivity index is 1.55. The Hall–Kier alpha value is -3.38. The minimum Gasteiger partial charge on any atom is -0.311 e. The second-order valence-electron chi connectivity index (χ2n) is 8.01. The van der Waals surface area contributed by atoms with Crippen molar-refractivity contribution in [3.8, 4) is 5.69 Å². The molecule has 0 aliphatic carbocycles. The number of amides is 1. The SMILES string of the molecule is Cc1cccc(C)c1-n1c(SCC(=O)N2CCc3ccccc32)nc2ccccc2c1=O. The van der Waals surface area contributed by atoms with Crippen molar-refractivity contribution in [2.24, 2.45) is 0 Å². The maximum absolute atomic E-state index is 13.5. The van der Waals surface area contributed by atoms with Gasteiger partial charge in [0.2, 0.25) is 5.91 Å². The Morgan fingerprint density at radius 2 is 1.69 bits per heavy atom. The summed E-state index contributed by atoms with van der Waals surface area (Å²) in [6.45, 7) is 4.67. The van der Waals surface area contributed by atoms with Crippen LogP contribution in [0.5, 0.6) is 0 Å². The third-order valence-corrected chi connectivity index (χ3v) is 6.84. The van der Waals surface area contributed by atoms with Crippen molar-refractivity contribution in [1.29, 1.82) is 0 Å². The van der Waals surface area contributed by atoms with Crippen LogP contribution in [0.1, 0.15) is 16.7 Å². The summed E-state index contributed by atoms with van der Waals surface area (Å²) in [6.07, 6.45) is 0.869. The molecule has 6 heteroatoms. The number of hydrogen-bond acceptors (Lipinski definition) is 4. The highest BCUT2D eigenvalue weighted by atomic mass is 32.2. The molecule has 0 saturated carbocycles. The maximum Gasteiger partial charge on any atom is 0.266 e. The molecule has 0 radical (unpaired) electrons. The summed E-state index contributed by atoms with van der Waals surface area (Å²) < 4.78 is 1.67. The molecule has 3 aromatic carbocycles. The van der Waals surface area contributed by atoms with Crippen molar-refractivity contribution in [1.82, 2.24) is 9.55 Å². The first-order valence-electron chi connectivity index (χ1n) is 10.6. The van der Waals surface area contributed by atoms with Gasteiger partial charge in [-0.3, -0.25) is 14.2 Å². The second kappa shape index (κ2) is 8.28. The van der Waals surface area contributed by atoms with E-state index in [4.69, 9.17) is 4.98 Å². The van der Waals surface area contributed by atoms with E-state index in [1.807, 2.05) is 73.3 Å². The molecule has 1 aromatic heterocycles. The predicted molar refractivity (Wildman–Crippen MR) is 130 cm³/mol. The summed E-state index contributed by atoms with van der Waals surface area (Å²) in [5, 5.41) is 1.10. The van der Waals surface area contributed by atoms with Crippen molar-refractivity contribution < 1.29 is 4.79 Å². The highest BCUT2D eigenvalue weighted by Crippen LogP contribution is 2.30. The van der Waals surface area contributed by atoms with Gasteiger partial charge in [-0.1, -0.05) is 60.3 Å². The van der Waals surface area contributed by atoms with Crippen molar-refractivity contribution in [3.63, 3.8) is 0 Å². The van der Waals surface area contributed by atoms with Crippen molar-refractivity contribution >= 4 is 34.3 Å². The van der Waals surface area contributed by atoms with Crippen LogP contribution < -0.4 is 10.5 Å². The van der Waals surface area contributed by atoms with Gasteiger partial charge in [-0.05, 0) is 55.2 Å². The molecule has 0 N–H and O–H groups in total. The number of nitrogens with zero attached hydrogens (tertiary/aromatic N) is 3. The molecule has 32 heavy (non-hydrogen) atoms. The Morgan fingerprint density at radius 3 is 2.50 bits per heavy atom. The van der Waals surface area contributed by atoms with Crippen molar-refractivity contribution in [2.75, 3.05) is 17.2 Å². The normalized spacial score (nSPS) is 12.9. The van der Waals surface area contributed by atoms with Crippen LogP contribution >= 0.6 is 11.8 Å². The lowest BCUT2D eigenvalue weighted by Crippen LogP contribution is -2.31. The Kier molecular flexibility index (Phi) is 5.31.